The molecule has 0 amide bonds. The van der Waals surface area contributed by atoms with Crippen LogP contribution < -0.4 is 0 Å². The monoisotopic (exact) mass is 334 g/mol. The zero-order chi connectivity index (χ0) is 17.3. The Kier molecular flexibility index (Phi) is 4.43. The van der Waals surface area contributed by atoms with Crippen LogP contribution in [0.3, 0.4) is 0 Å². The summed E-state index contributed by atoms with van der Waals surface area (Å²) in [6.07, 6.45) is 1.26. The summed E-state index contributed by atoms with van der Waals surface area (Å²) in [6, 6.07) is 22.6. The van der Waals surface area contributed by atoms with E-state index in [1.807, 2.05) is 0 Å². The fourth-order valence-corrected chi connectivity index (χ4v) is 5.40. The van der Waals surface area contributed by atoms with Gasteiger partial charge in [-0.1, -0.05) is 74.5 Å². The first-order valence-electron chi connectivity index (χ1n) is 9.75. The van der Waals surface area contributed by atoms with Crippen LogP contribution in [0.15, 0.2) is 60.7 Å². The molecular weight excluding hydrogens is 304 g/mol. The summed E-state index contributed by atoms with van der Waals surface area (Å²) in [7, 11) is 0. The van der Waals surface area contributed by atoms with Crippen LogP contribution in [0.5, 0.6) is 0 Å². The smallest absolute Gasteiger partial charge is 0.0217 e. The van der Waals surface area contributed by atoms with Gasteiger partial charge in [-0.2, -0.15) is 0 Å². The van der Waals surface area contributed by atoms with Crippen LogP contribution in [-0.4, -0.2) is 49.1 Å². The summed E-state index contributed by atoms with van der Waals surface area (Å²) in [5, 5.41) is 0. The number of hydrogen-bond acceptors (Lipinski definition) is 2. The highest BCUT2D eigenvalue weighted by molar-refractivity contribution is 5.37. The van der Waals surface area contributed by atoms with Crippen molar-refractivity contribution in [3.63, 3.8) is 0 Å². The summed E-state index contributed by atoms with van der Waals surface area (Å²) in [5.41, 5.74) is 3.51. The molecule has 2 aromatic carbocycles. The first-order valence-corrected chi connectivity index (χ1v) is 9.75. The maximum Gasteiger partial charge on any atom is 0.0217 e. The Morgan fingerprint density at radius 1 is 0.640 bits per heavy atom. The lowest BCUT2D eigenvalue weighted by molar-refractivity contribution is -0.00927. The first-order chi connectivity index (χ1) is 12.2. The van der Waals surface area contributed by atoms with Crippen molar-refractivity contribution in [2.24, 2.45) is 0 Å². The molecule has 2 aromatic rings. The fraction of sp³-hybridized carbons (Fsp3) is 0.478. The number of likely N-dealkylation sites (N-methyl/N-ethyl adjacent to an activating group) is 2. The summed E-state index contributed by atoms with van der Waals surface area (Å²) in [4.78, 5) is 5.38. The molecule has 0 atom stereocenters. The number of likely N-dealkylation sites (tertiary alicyclic amines) is 2. The van der Waals surface area contributed by atoms with Crippen molar-refractivity contribution >= 4 is 0 Å². The minimum Gasteiger partial charge on any atom is -0.302 e. The summed E-state index contributed by atoms with van der Waals surface area (Å²) in [6.45, 7) is 11.6. The van der Waals surface area contributed by atoms with Gasteiger partial charge in [0.1, 0.15) is 0 Å². The van der Waals surface area contributed by atoms with Crippen LogP contribution in [0.1, 0.15) is 31.4 Å². The highest BCUT2D eigenvalue weighted by atomic mass is 15.2. The van der Waals surface area contributed by atoms with E-state index in [0.29, 0.717) is 0 Å². The number of rotatable bonds is 4. The second-order valence-electron chi connectivity index (χ2n) is 8.08. The van der Waals surface area contributed by atoms with E-state index in [2.05, 4.69) is 84.3 Å². The van der Waals surface area contributed by atoms with E-state index >= 15 is 0 Å². The van der Waals surface area contributed by atoms with Gasteiger partial charge in [-0.25, -0.2) is 0 Å². The van der Waals surface area contributed by atoms with Crippen molar-refractivity contribution in [1.29, 1.82) is 0 Å². The number of nitrogens with zero attached hydrogens (tertiary/aromatic N) is 2. The van der Waals surface area contributed by atoms with Crippen molar-refractivity contribution < 1.29 is 0 Å². The average molecular weight is 335 g/mol. The summed E-state index contributed by atoms with van der Waals surface area (Å²) < 4.78 is 0. The minimum absolute atomic E-state index is 0.236. The first kappa shape index (κ1) is 16.8. The Hall–Kier alpha value is -1.64. The van der Waals surface area contributed by atoms with E-state index in [9.17, 15) is 0 Å². The molecule has 2 heteroatoms. The second kappa shape index (κ2) is 6.59. The highest BCUT2D eigenvalue weighted by Crippen LogP contribution is 2.48. The van der Waals surface area contributed by atoms with Crippen LogP contribution >= 0.6 is 0 Å². The maximum absolute atomic E-state index is 2.69. The quantitative estimate of drug-likeness (QED) is 0.836. The molecule has 0 saturated carbocycles. The van der Waals surface area contributed by atoms with Crippen LogP contribution in [0.2, 0.25) is 0 Å². The topological polar surface area (TPSA) is 6.48 Å². The molecule has 0 unspecified atom stereocenters. The zero-order valence-electron chi connectivity index (χ0n) is 15.6. The maximum atomic E-state index is 2.69. The van der Waals surface area contributed by atoms with Crippen molar-refractivity contribution in [1.82, 2.24) is 9.80 Å². The lowest BCUT2D eigenvalue weighted by Gasteiger charge is -2.59. The molecule has 2 heterocycles. The second-order valence-corrected chi connectivity index (χ2v) is 8.08. The molecule has 0 radical (unpaired) electrons. The Morgan fingerprint density at radius 3 is 1.32 bits per heavy atom. The van der Waals surface area contributed by atoms with Gasteiger partial charge in [-0.05, 0) is 30.6 Å². The number of hydrogen-bond donors (Lipinski definition) is 0. The number of piperidine rings is 2. The van der Waals surface area contributed by atoms with Gasteiger partial charge in [0.2, 0.25) is 0 Å². The van der Waals surface area contributed by atoms with E-state index in [4.69, 9.17) is 0 Å². The highest BCUT2D eigenvalue weighted by Gasteiger charge is 2.53. The molecule has 2 fully saturated rings. The van der Waals surface area contributed by atoms with Gasteiger partial charge in [0.25, 0.3) is 0 Å². The molecule has 25 heavy (non-hydrogen) atoms. The largest absolute Gasteiger partial charge is 0.302 e. The van der Waals surface area contributed by atoms with E-state index in [0.717, 1.165) is 13.1 Å². The SMILES string of the molecule is CCN1CC2(c3ccccc3)CN(CC)CC(c3ccccc3)(C1)C2. The van der Waals surface area contributed by atoms with Gasteiger partial charge in [0.05, 0.1) is 0 Å². The molecule has 2 saturated heterocycles. The molecule has 0 N–H and O–H groups in total. The molecule has 0 aromatic heterocycles. The fourth-order valence-electron chi connectivity index (χ4n) is 5.40. The zero-order valence-corrected chi connectivity index (χ0v) is 15.6. The molecule has 2 nitrogen and oxygen atoms in total. The third kappa shape index (κ3) is 2.92. The van der Waals surface area contributed by atoms with Crippen LogP contribution in [0, 0.1) is 0 Å². The van der Waals surface area contributed by atoms with Gasteiger partial charge in [0, 0.05) is 37.0 Å². The molecule has 2 aliphatic rings. The summed E-state index contributed by atoms with van der Waals surface area (Å²) >= 11 is 0. The average Bonchev–Trinajstić information content (AvgIpc) is 2.68. The van der Waals surface area contributed by atoms with Gasteiger partial charge in [-0.3, -0.25) is 0 Å². The van der Waals surface area contributed by atoms with Gasteiger partial charge in [-0.15, -0.1) is 0 Å². The minimum atomic E-state index is 0.236. The molecule has 2 aliphatic heterocycles. The lowest BCUT2D eigenvalue weighted by atomic mass is 9.59. The van der Waals surface area contributed by atoms with Crippen molar-refractivity contribution in [3.05, 3.63) is 71.8 Å². The van der Waals surface area contributed by atoms with Gasteiger partial charge >= 0.3 is 0 Å². The third-order valence-electron chi connectivity index (χ3n) is 6.45. The number of fused-ring (bicyclic) bond motifs is 2. The van der Waals surface area contributed by atoms with Crippen molar-refractivity contribution in [3.8, 4) is 0 Å². The van der Waals surface area contributed by atoms with Crippen LogP contribution in [0.25, 0.3) is 0 Å². The Bertz CT molecular complexity index is 621. The van der Waals surface area contributed by atoms with Gasteiger partial charge in [0.15, 0.2) is 0 Å². The van der Waals surface area contributed by atoms with E-state index in [1.165, 1.54) is 43.7 Å². The van der Waals surface area contributed by atoms with Crippen molar-refractivity contribution in [2.75, 3.05) is 39.3 Å². The predicted octanol–water partition coefficient (Wildman–Crippen LogP) is 3.92. The standard InChI is InChI=1S/C23H30N2/c1-3-24-16-22(20-11-7-5-8-12-20)15-23(17-24,19-25(4-2)18-22)21-13-9-6-10-14-21/h5-14H,3-4,15-19H2,1-2H3. The van der Waals surface area contributed by atoms with E-state index in [-0.39, 0.29) is 10.8 Å². The predicted molar refractivity (Wildman–Crippen MR) is 105 cm³/mol. The third-order valence-corrected chi connectivity index (χ3v) is 6.45. The van der Waals surface area contributed by atoms with Crippen LogP contribution in [0.4, 0.5) is 0 Å². The Labute approximate surface area is 152 Å². The van der Waals surface area contributed by atoms with Crippen LogP contribution in [-0.2, 0) is 10.8 Å². The summed E-state index contributed by atoms with van der Waals surface area (Å²) in [5.74, 6) is 0. The molecular formula is C23H30N2. The molecule has 132 valence electrons. The van der Waals surface area contributed by atoms with Gasteiger partial charge < -0.3 is 9.80 Å². The lowest BCUT2D eigenvalue weighted by Crippen LogP contribution is -2.67. The Morgan fingerprint density at radius 2 is 1.00 bits per heavy atom. The van der Waals surface area contributed by atoms with E-state index in [1.54, 1.807) is 0 Å². The molecule has 0 spiro atoms. The molecule has 4 rings (SSSR count). The molecule has 2 bridgehead atoms. The molecule has 0 aliphatic carbocycles. The number of benzene rings is 2. The van der Waals surface area contributed by atoms with E-state index < -0.39 is 0 Å². The van der Waals surface area contributed by atoms with Crippen molar-refractivity contribution in [2.45, 2.75) is 31.1 Å². The normalized spacial score (nSPS) is 30.3. The Balaban J connectivity index is 1.84.